The van der Waals surface area contributed by atoms with E-state index in [4.69, 9.17) is 10.6 Å². The number of rotatable bonds is 5. The Labute approximate surface area is 94.6 Å². The van der Waals surface area contributed by atoms with E-state index >= 15 is 0 Å². The first kappa shape index (κ1) is 11.1. The maximum Gasteiger partial charge on any atom is 0.160 e. The fourth-order valence-electron chi connectivity index (χ4n) is 1.75. The average Bonchev–Trinajstić information content (AvgIpc) is 2.82. The summed E-state index contributed by atoms with van der Waals surface area (Å²) in [5.41, 5.74) is 2.46. The topological polar surface area (TPSA) is 85.1 Å². The average molecular weight is 223 g/mol. The molecule has 6 nitrogen and oxygen atoms in total. The number of anilines is 2. The molecule has 1 aliphatic heterocycles. The largest absolute Gasteiger partial charge is 0.378 e. The summed E-state index contributed by atoms with van der Waals surface area (Å²) in [5.74, 6) is 6.53. The summed E-state index contributed by atoms with van der Waals surface area (Å²) in [6, 6.07) is 0. The monoisotopic (exact) mass is 223 g/mol. The highest BCUT2D eigenvalue weighted by molar-refractivity contribution is 5.40. The molecule has 4 N–H and O–H groups in total. The van der Waals surface area contributed by atoms with Gasteiger partial charge in [-0.3, -0.25) is 4.98 Å². The molecular formula is C10H17N5O. The highest BCUT2D eigenvalue weighted by Crippen LogP contribution is 2.15. The third-order valence-corrected chi connectivity index (χ3v) is 2.58. The van der Waals surface area contributed by atoms with Gasteiger partial charge in [0.05, 0.1) is 18.5 Å². The molecule has 1 aromatic rings. The zero-order chi connectivity index (χ0) is 11.2. The molecule has 6 heteroatoms. The van der Waals surface area contributed by atoms with E-state index in [2.05, 4.69) is 20.7 Å². The maximum absolute atomic E-state index is 5.53. The first-order valence-electron chi connectivity index (χ1n) is 5.52. The molecule has 0 saturated carbocycles. The van der Waals surface area contributed by atoms with E-state index in [-0.39, 0.29) is 0 Å². The second-order valence-electron chi connectivity index (χ2n) is 3.78. The van der Waals surface area contributed by atoms with Gasteiger partial charge in [-0.25, -0.2) is 10.8 Å². The van der Waals surface area contributed by atoms with Gasteiger partial charge in [-0.05, 0) is 19.3 Å². The molecule has 0 amide bonds. The second-order valence-corrected chi connectivity index (χ2v) is 3.78. The first-order chi connectivity index (χ1) is 7.88. The zero-order valence-corrected chi connectivity index (χ0v) is 9.15. The van der Waals surface area contributed by atoms with E-state index in [1.54, 1.807) is 12.4 Å². The van der Waals surface area contributed by atoms with Crippen molar-refractivity contribution in [1.82, 2.24) is 9.97 Å². The molecule has 1 unspecified atom stereocenters. The van der Waals surface area contributed by atoms with Gasteiger partial charge < -0.3 is 15.5 Å². The lowest BCUT2D eigenvalue weighted by Crippen LogP contribution is -2.14. The summed E-state index contributed by atoms with van der Waals surface area (Å²) >= 11 is 0. The van der Waals surface area contributed by atoms with E-state index < -0.39 is 0 Å². The molecule has 1 aromatic heterocycles. The lowest BCUT2D eigenvalue weighted by atomic mass is 10.2. The molecule has 16 heavy (non-hydrogen) atoms. The maximum atomic E-state index is 5.53. The number of hydrogen-bond acceptors (Lipinski definition) is 6. The van der Waals surface area contributed by atoms with Crippen LogP contribution in [0.15, 0.2) is 12.4 Å². The smallest absolute Gasteiger partial charge is 0.160 e. The molecule has 0 bridgehead atoms. The van der Waals surface area contributed by atoms with Crippen molar-refractivity contribution in [3.8, 4) is 0 Å². The molecular weight excluding hydrogens is 206 g/mol. The van der Waals surface area contributed by atoms with Gasteiger partial charge in [0.15, 0.2) is 5.82 Å². The molecule has 0 spiro atoms. The van der Waals surface area contributed by atoms with Crippen LogP contribution < -0.4 is 16.6 Å². The fourth-order valence-corrected chi connectivity index (χ4v) is 1.75. The van der Waals surface area contributed by atoms with Gasteiger partial charge in [0, 0.05) is 13.2 Å². The summed E-state index contributed by atoms with van der Waals surface area (Å²) in [4.78, 5) is 8.21. The number of ether oxygens (including phenoxy) is 1. The molecule has 2 heterocycles. The fraction of sp³-hybridized carbons (Fsp3) is 0.600. The lowest BCUT2D eigenvalue weighted by Gasteiger charge is -2.10. The molecule has 2 rings (SSSR count). The van der Waals surface area contributed by atoms with Gasteiger partial charge in [-0.2, -0.15) is 0 Å². The molecule has 1 fully saturated rings. The van der Waals surface area contributed by atoms with Gasteiger partial charge in [-0.15, -0.1) is 0 Å². The summed E-state index contributed by atoms with van der Waals surface area (Å²) in [5, 5.41) is 3.20. The van der Waals surface area contributed by atoms with Crippen molar-refractivity contribution in [3.05, 3.63) is 12.4 Å². The molecule has 0 radical (unpaired) electrons. The van der Waals surface area contributed by atoms with Gasteiger partial charge in [-0.1, -0.05) is 0 Å². The molecule has 0 aromatic carbocycles. The van der Waals surface area contributed by atoms with Crippen molar-refractivity contribution in [2.45, 2.75) is 25.4 Å². The van der Waals surface area contributed by atoms with Crippen molar-refractivity contribution >= 4 is 11.6 Å². The van der Waals surface area contributed by atoms with Crippen LogP contribution in [0.2, 0.25) is 0 Å². The predicted molar refractivity (Wildman–Crippen MR) is 61.9 cm³/mol. The quantitative estimate of drug-likeness (QED) is 0.504. The van der Waals surface area contributed by atoms with E-state index in [0.717, 1.165) is 31.8 Å². The third-order valence-electron chi connectivity index (χ3n) is 2.58. The molecule has 88 valence electrons. The Kier molecular flexibility index (Phi) is 3.90. The van der Waals surface area contributed by atoms with E-state index in [9.17, 15) is 0 Å². The number of aromatic nitrogens is 2. The van der Waals surface area contributed by atoms with E-state index in [1.807, 2.05) is 0 Å². The van der Waals surface area contributed by atoms with Crippen LogP contribution in [-0.2, 0) is 4.74 Å². The van der Waals surface area contributed by atoms with Crippen molar-refractivity contribution in [2.24, 2.45) is 5.84 Å². The summed E-state index contributed by atoms with van der Waals surface area (Å²) in [7, 11) is 0. The number of nitrogen functional groups attached to an aromatic ring is 1. The normalized spacial score (nSPS) is 19.7. The number of nitrogens with zero attached hydrogens (tertiary/aromatic N) is 2. The van der Waals surface area contributed by atoms with Crippen LogP contribution in [-0.4, -0.2) is 29.2 Å². The minimum atomic E-state index is 0.399. The predicted octanol–water partition coefficient (Wildman–Crippen LogP) is 0.743. The SMILES string of the molecule is NNc1cncc(NCCC2CCCO2)n1. The van der Waals surface area contributed by atoms with Crippen LogP contribution in [0.1, 0.15) is 19.3 Å². The highest BCUT2D eigenvalue weighted by Gasteiger charge is 2.14. The van der Waals surface area contributed by atoms with E-state index in [1.165, 1.54) is 6.42 Å². The van der Waals surface area contributed by atoms with Gasteiger partial charge >= 0.3 is 0 Å². The Morgan fingerprint density at radius 2 is 2.31 bits per heavy atom. The molecule has 0 aliphatic carbocycles. The van der Waals surface area contributed by atoms with Crippen LogP contribution in [0.4, 0.5) is 11.6 Å². The lowest BCUT2D eigenvalue weighted by molar-refractivity contribution is 0.107. The Balaban J connectivity index is 1.75. The van der Waals surface area contributed by atoms with Crippen LogP contribution in [0.3, 0.4) is 0 Å². The Bertz CT molecular complexity index is 327. The Hall–Kier alpha value is -1.40. The minimum absolute atomic E-state index is 0.399. The summed E-state index contributed by atoms with van der Waals surface area (Å²) < 4.78 is 5.53. The van der Waals surface area contributed by atoms with Crippen molar-refractivity contribution in [3.63, 3.8) is 0 Å². The van der Waals surface area contributed by atoms with Crippen LogP contribution >= 0.6 is 0 Å². The standard InChI is InChI=1S/C10H17N5O/c11-15-10-7-12-6-9(14-10)13-4-3-8-2-1-5-16-8/h6-8H,1-5,11H2,(H2,13,14,15). The van der Waals surface area contributed by atoms with Crippen LogP contribution in [0.25, 0.3) is 0 Å². The Morgan fingerprint density at radius 3 is 3.06 bits per heavy atom. The Morgan fingerprint density at radius 1 is 1.44 bits per heavy atom. The van der Waals surface area contributed by atoms with Gasteiger partial charge in [0.2, 0.25) is 0 Å². The van der Waals surface area contributed by atoms with Crippen LogP contribution in [0.5, 0.6) is 0 Å². The summed E-state index contributed by atoms with van der Waals surface area (Å²) in [6.45, 7) is 1.74. The van der Waals surface area contributed by atoms with Gasteiger partial charge in [0.25, 0.3) is 0 Å². The van der Waals surface area contributed by atoms with Crippen molar-refractivity contribution in [2.75, 3.05) is 23.9 Å². The first-order valence-corrected chi connectivity index (χ1v) is 5.52. The highest BCUT2D eigenvalue weighted by atomic mass is 16.5. The number of nitrogens with two attached hydrogens (primary N) is 1. The number of hydrogen-bond donors (Lipinski definition) is 3. The van der Waals surface area contributed by atoms with Crippen molar-refractivity contribution in [1.29, 1.82) is 0 Å². The molecule has 1 aliphatic rings. The molecule has 1 atom stereocenters. The number of hydrazine groups is 1. The van der Waals surface area contributed by atoms with Crippen molar-refractivity contribution < 1.29 is 4.74 Å². The van der Waals surface area contributed by atoms with Crippen LogP contribution in [0, 0.1) is 0 Å². The zero-order valence-electron chi connectivity index (χ0n) is 9.15. The minimum Gasteiger partial charge on any atom is -0.378 e. The van der Waals surface area contributed by atoms with Gasteiger partial charge in [0.1, 0.15) is 5.82 Å². The number of nitrogens with one attached hydrogen (secondary N) is 2. The summed E-state index contributed by atoms with van der Waals surface area (Å²) in [6.07, 6.45) is 6.99. The molecule has 1 saturated heterocycles. The third kappa shape index (κ3) is 3.04. The second kappa shape index (κ2) is 5.62. The van der Waals surface area contributed by atoms with E-state index in [0.29, 0.717) is 11.9 Å².